The molecule has 0 bridgehead atoms. The summed E-state index contributed by atoms with van der Waals surface area (Å²) in [5.41, 5.74) is 1.15. The van der Waals surface area contributed by atoms with E-state index >= 15 is 0 Å². The summed E-state index contributed by atoms with van der Waals surface area (Å²) >= 11 is 0. The molecule has 0 aliphatic heterocycles. The lowest BCUT2D eigenvalue weighted by Crippen LogP contribution is -2.12. The van der Waals surface area contributed by atoms with E-state index in [1.807, 2.05) is 0 Å². The van der Waals surface area contributed by atoms with E-state index in [1.165, 1.54) is 13.1 Å². The normalized spacial score (nSPS) is 15.1. The Morgan fingerprint density at radius 3 is 2.53 bits per heavy atom. The van der Waals surface area contributed by atoms with Crippen LogP contribution in [0.25, 0.3) is 5.57 Å². The summed E-state index contributed by atoms with van der Waals surface area (Å²) in [5.74, 6) is 0. The SMILES string of the molecule is CC1=CCc2ncc(C)c(C(F)(F)F)c21. The fourth-order valence-electron chi connectivity index (χ4n) is 1.94. The maximum Gasteiger partial charge on any atom is 0.417 e. The predicted molar refractivity (Wildman–Crippen MR) is 51.3 cm³/mol. The van der Waals surface area contributed by atoms with Crippen LogP contribution in [0.4, 0.5) is 13.2 Å². The molecule has 0 N–H and O–H groups in total. The number of fused-ring (bicyclic) bond motifs is 1. The van der Waals surface area contributed by atoms with Crippen LogP contribution in [0.3, 0.4) is 0 Å². The van der Waals surface area contributed by atoms with E-state index in [2.05, 4.69) is 4.98 Å². The molecule has 2 rings (SSSR count). The van der Waals surface area contributed by atoms with Crippen molar-refractivity contribution < 1.29 is 13.2 Å². The van der Waals surface area contributed by atoms with E-state index in [1.54, 1.807) is 13.0 Å². The Morgan fingerprint density at radius 2 is 1.93 bits per heavy atom. The van der Waals surface area contributed by atoms with Gasteiger partial charge in [-0.15, -0.1) is 0 Å². The molecule has 1 aromatic heterocycles. The maximum atomic E-state index is 12.8. The lowest BCUT2D eigenvalue weighted by atomic mass is 9.99. The van der Waals surface area contributed by atoms with E-state index in [9.17, 15) is 13.2 Å². The first-order valence-electron chi connectivity index (χ1n) is 4.64. The highest BCUT2D eigenvalue weighted by molar-refractivity contribution is 5.74. The summed E-state index contributed by atoms with van der Waals surface area (Å²) in [6.45, 7) is 3.14. The molecule has 0 atom stereocenters. The largest absolute Gasteiger partial charge is 0.417 e. The third-order valence-electron chi connectivity index (χ3n) is 2.63. The molecule has 1 aliphatic rings. The summed E-state index contributed by atoms with van der Waals surface area (Å²) in [4.78, 5) is 4.03. The second-order valence-electron chi connectivity index (χ2n) is 3.73. The number of pyridine rings is 1. The van der Waals surface area contributed by atoms with Gasteiger partial charge in [-0.1, -0.05) is 6.08 Å². The van der Waals surface area contributed by atoms with Crippen LogP contribution in [0.5, 0.6) is 0 Å². The number of nitrogens with zero attached hydrogens (tertiary/aromatic N) is 1. The Hall–Kier alpha value is -1.32. The van der Waals surface area contributed by atoms with Crippen LogP contribution in [0, 0.1) is 6.92 Å². The molecule has 0 radical (unpaired) electrons. The highest BCUT2D eigenvalue weighted by atomic mass is 19.4. The zero-order valence-corrected chi connectivity index (χ0v) is 8.44. The van der Waals surface area contributed by atoms with Gasteiger partial charge in [0.2, 0.25) is 0 Å². The Morgan fingerprint density at radius 1 is 1.27 bits per heavy atom. The molecule has 1 heterocycles. The smallest absolute Gasteiger partial charge is 0.260 e. The molecule has 1 aromatic rings. The molecule has 1 aliphatic carbocycles. The Labute approximate surface area is 85.6 Å². The summed E-state index contributed by atoms with van der Waals surface area (Å²) in [6.07, 6.45) is -0.707. The zero-order valence-electron chi connectivity index (χ0n) is 8.44. The van der Waals surface area contributed by atoms with Gasteiger partial charge in [0, 0.05) is 18.2 Å². The van der Waals surface area contributed by atoms with Gasteiger partial charge >= 0.3 is 6.18 Å². The standard InChI is InChI=1S/C11H10F3N/c1-6-3-4-8-9(6)10(11(12,13)14)7(2)5-15-8/h3,5H,4H2,1-2H3. The Balaban J connectivity index is 2.73. The molecular weight excluding hydrogens is 203 g/mol. The third-order valence-corrected chi connectivity index (χ3v) is 2.63. The van der Waals surface area contributed by atoms with Gasteiger partial charge in [0.25, 0.3) is 0 Å². The molecule has 0 amide bonds. The number of allylic oxidation sites excluding steroid dienone is 2. The number of aromatic nitrogens is 1. The van der Waals surface area contributed by atoms with Gasteiger partial charge in [-0.2, -0.15) is 13.2 Å². The van der Waals surface area contributed by atoms with Crippen LogP contribution in [0.2, 0.25) is 0 Å². The molecule has 80 valence electrons. The molecule has 0 spiro atoms. The average molecular weight is 213 g/mol. The number of alkyl halides is 3. The second kappa shape index (κ2) is 3.08. The van der Waals surface area contributed by atoms with Crippen LogP contribution in [-0.4, -0.2) is 4.98 Å². The maximum absolute atomic E-state index is 12.8. The van der Waals surface area contributed by atoms with Gasteiger partial charge in [0.05, 0.1) is 11.3 Å². The van der Waals surface area contributed by atoms with Crippen molar-refractivity contribution in [2.45, 2.75) is 26.4 Å². The summed E-state index contributed by atoms with van der Waals surface area (Å²) in [6, 6.07) is 0. The second-order valence-corrected chi connectivity index (χ2v) is 3.73. The quantitative estimate of drug-likeness (QED) is 0.643. The van der Waals surface area contributed by atoms with Crippen molar-refractivity contribution >= 4 is 5.57 Å². The van der Waals surface area contributed by atoms with E-state index < -0.39 is 11.7 Å². The predicted octanol–water partition coefficient (Wildman–Crippen LogP) is 3.37. The lowest BCUT2D eigenvalue weighted by molar-refractivity contribution is -0.138. The number of aryl methyl sites for hydroxylation is 1. The minimum atomic E-state index is -4.30. The van der Waals surface area contributed by atoms with Crippen LogP contribution in [-0.2, 0) is 12.6 Å². The van der Waals surface area contributed by atoms with Crippen molar-refractivity contribution in [3.8, 4) is 0 Å². The number of hydrogen-bond acceptors (Lipinski definition) is 1. The van der Waals surface area contributed by atoms with E-state index in [4.69, 9.17) is 0 Å². The molecule has 0 aromatic carbocycles. The van der Waals surface area contributed by atoms with Crippen molar-refractivity contribution in [3.63, 3.8) is 0 Å². The molecule has 0 fully saturated rings. The van der Waals surface area contributed by atoms with Crippen LogP contribution in [0.1, 0.15) is 29.3 Å². The number of hydrogen-bond donors (Lipinski definition) is 0. The minimum absolute atomic E-state index is 0.191. The van der Waals surface area contributed by atoms with Crippen molar-refractivity contribution in [3.05, 3.63) is 34.7 Å². The average Bonchev–Trinajstić information content (AvgIpc) is 2.46. The fourth-order valence-corrected chi connectivity index (χ4v) is 1.94. The zero-order chi connectivity index (χ0) is 11.2. The Bertz CT molecular complexity index is 444. The van der Waals surface area contributed by atoms with E-state index in [0.717, 1.165) is 0 Å². The van der Waals surface area contributed by atoms with Crippen molar-refractivity contribution in [2.75, 3.05) is 0 Å². The van der Waals surface area contributed by atoms with Crippen molar-refractivity contribution in [1.82, 2.24) is 4.98 Å². The summed E-state index contributed by atoms with van der Waals surface area (Å²) < 4.78 is 38.5. The van der Waals surface area contributed by atoms with Crippen molar-refractivity contribution in [1.29, 1.82) is 0 Å². The van der Waals surface area contributed by atoms with Crippen LogP contribution < -0.4 is 0 Å². The molecule has 0 saturated heterocycles. The Kier molecular flexibility index (Phi) is 2.10. The third kappa shape index (κ3) is 1.54. The lowest BCUT2D eigenvalue weighted by Gasteiger charge is -2.15. The first-order valence-corrected chi connectivity index (χ1v) is 4.64. The minimum Gasteiger partial charge on any atom is -0.260 e. The number of rotatable bonds is 0. The summed E-state index contributed by atoms with van der Waals surface area (Å²) in [5, 5.41) is 0. The summed E-state index contributed by atoms with van der Waals surface area (Å²) in [7, 11) is 0. The van der Waals surface area contributed by atoms with Crippen molar-refractivity contribution in [2.24, 2.45) is 0 Å². The van der Waals surface area contributed by atoms with Crippen LogP contribution in [0.15, 0.2) is 12.3 Å². The van der Waals surface area contributed by atoms with Crippen LogP contribution >= 0.6 is 0 Å². The molecule has 15 heavy (non-hydrogen) atoms. The molecule has 0 saturated carbocycles. The highest BCUT2D eigenvalue weighted by Gasteiger charge is 2.37. The van der Waals surface area contributed by atoms with Gasteiger partial charge in [0.1, 0.15) is 0 Å². The molecule has 4 heteroatoms. The van der Waals surface area contributed by atoms with Gasteiger partial charge in [-0.05, 0) is 25.0 Å². The van der Waals surface area contributed by atoms with Gasteiger partial charge < -0.3 is 0 Å². The van der Waals surface area contributed by atoms with Gasteiger partial charge in [-0.3, -0.25) is 4.98 Å². The first kappa shape index (κ1) is 10.2. The first-order chi connectivity index (χ1) is 6.91. The molecule has 1 nitrogen and oxygen atoms in total. The van der Waals surface area contributed by atoms with Gasteiger partial charge in [-0.25, -0.2) is 0 Å². The van der Waals surface area contributed by atoms with E-state index in [0.29, 0.717) is 17.7 Å². The van der Waals surface area contributed by atoms with E-state index in [-0.39, 0.29) is 11.1 Å². The monoisotopic (exact) mass is 213 g/mol. The highest BCUT2D eigenvalue weighted by Crippen LogP contribution is 2.40. The molecular formula is C11H10F3N. The topological polar surface area (TPSA) is 12.9 Å². The number of halogens is 3. The molecule has 0 unspecified atom stereocenters. The fraction of sp³-hybridized carbons (Fsp3) is 0.364. The van der Waals surface area contributed by atoms with Gasteiger partial charge in [0.15, 0.2) is 0 Å².